The molecule has 0 radical (unpaired) electrons. The van der Waals surface area contributed by atoms with Crippen molar-refractivity contribution in [2.45, 2.75) is 6.42 Å². The molecule has 34 heavy (non-hydrogen) atoms. The minimum atomic E-state index is -0.397. The summed E-state index contributed by atoms with van der Waals surface area (Å²) in [5, 5.41) is 4.79. The average Bonchev–Trinajstić information content (AvgIpc) is 3.56. The van der Waals surface area contributed by atoms with Gasteiger partial charge in [-0.3, -0.25) is 19.7 Å². The van der Waals surface area contributed by atoms with Gasteiger partial charge >= 0.3 is 0 Å². The number of hydrogen-bond acceptors (Lipinski definition) is 8. The molecule has 3 heterocycles. The van der Waals surface area contributed by atoms with Crippen molar-refractivity contribution in [1.82, 2.24) is 14.8 Å². The minimum absolute atomic E-state index is 0.0802. The van der Waals surface area contributed by atoms with E-state index in [2.05, 4.69) is 10.3 Å². The Bertz CT molecular complexity index is 1170. The quantitative estimate of drug-likeness (QED) is 0.548. The Morgan fingerprint density at radius 3 is 2.53 bits per heavy atom. The van der Waals surface area contributed by atoms with E-state index in [0.29, 0.717) is 54.1 Å². The summed E-state index contributed by atoms with van der Waals surface area (Å²) in [6.45, 7) is 1.69. The molecule has 4 rings (SSSR count). The standard InChI is InChI=1S/C23H24N4O6S/c1-31-16-5-6-17(19(13-16)32-2)22(30)27-9-7-26(8-10-27)20(28)12-15-14-34-23(24-15)25-21(29)18-4-3-11-33-18/h3-6,11,13-14H,7-10,12H2,1-2H3,(H,24,25,29). The van der Waals surface area contributed by atoms with E-state index < -0.39 is 5.91 Å². The maximum atomic E-state index is 13.0. The maximum Gasteiger partial charge on any atom is 0.293 e. The van der Waals surface area contributed by atoms with Crippen molar-refractivity contribution in [3.05, 3.63) is 59.0 Å². The summed E-state index contributed by atoms with van der Waals surface area (Å²) in [7, 11) is 3.06. The normalized spacial score (nSPS) is 13.5. The predicted molar refractivity (Wildman–Crippen MR) is 125 cm³/mol. The van der Waals surface area contributed by atoms with Gasteiger partial charge in [0.2, 0.25) is 5.91 Å². The number of ether oxygens (including phenoxy) is 2. The molecule has 0 unspecified atom stereocenters. The molecule has 3 aromatic rings. The van der Waals surface area contributed by atoms with Crippen LogP contribution in [0, 0.1) is 0 Å². The SMILES string of the molecule is COc1ccc(C(=O)N2CCN(C(=O)Cc3csc(NC(=O)c4ccco4)n3)CC2)c(OC)c1. The fraction of sp³-hybridized carbons (Fsp3) is 0.304. The lowest BCUT2D eigenvalue weighted by Gasteiger charge is -2.35. The van der Waals surface area contributed by atoms with Gasteiger partial charge in [-0.15, -0.1) is 11.3 Å². The minimum Gasteiger partial charge on any atom is -0.497 e. The van der Waals surface area contributed by atoms with Gasteiger partial charge in [0.25, 0.3) is 11.8 Å². The lowest BCUT2D eigenvalue weighted by atomic mass is 10.1. The summed E-state index contributed by atoms with van der Waals surface area (Å²) >= 11 is 1.24. The Balaban J connectivity index is 1.30. The van der Waals surface area contributed by atoms with E-state index in [1.165, 1.54) is 24.7 Å². The second-order valence-electron chi connectivity index (χ2n) is 7.49. The fourth-order valence-corrected chi connectivity index (χ4v) is 4.29. The number of benzene rings is 1. The van der Waals surface area contributed by atoms with Gasteiger partial charge in [0.1, 0.15) is 11.5 Å². The van der Waals surface area contributed by atoms with Gasteiger partial charge < -0.3 is 23.7 Å². The topological polar surface area (TPSA) is 114 Å². The number of nitrogens with zero attached hydrogens (tertiary/aromatic N) is 3. The highest BCUT2D eigenvalue weighted by molar-refractivity contribution is 7.14. The first-order valence-corrected chi connectivity index (χ1v) is 11.4. The maximum absolute atomic E-state index is 13.0. The van der Waals surface area contributed by atoms with E-state index in [-0.39, 0.29) is 24.0 Å². The molecule has 3 amide bonds. The number of methoxy groups -OCH3 is 2. The Kier molecular flexibility index (Phi) is 7.12. The molecule has 1 aromatic carbocycles. The van der Waals surface area contributed by atoms with Crippen LogP contribution in [0.25, 0.3) is 0 Å². The summed E-state index contributed by atoms with van der Waals surface area (Å²) in [6.07, 6.45) is 1.54. The van der Waals surface area contributed by atoms with Crippen molar-refractivity contribution in [2.24, 2.45) is 0 Å². The van der Waals surface area contributed by atoms with Crippen LogP contribution in [0.4, 0.5) is 5.13 Å². The zero-order chi connectivity index (χ0) is 24.1. The number of rotatable bonds is 7. The summed E-state index contributed by atoms with van der Waals surface area (Å²) in [5.41, 5.74) is 1.03. The molecule has 178 valence electrons. The lowest BCUT2D eigenvalue weighted by molar-refractivity contribution is -0.132. The summed E-state index contributed by atoms with van der Waals surface area (Å²) in [4.78, 5) is 45.5. The number of piperazine rings is 1. The first-order valence-electron chi connectivity index (χ1n) is 10.6. The molecule has 0 aliphatic carbocycles. The Morgan fingerprint density at radius 2 is 1.85 bits per heavy atom. The number of carbonyl (C=O) groups is 3. The molecule has 0 saturated carbocycles. The Morgan fingerprint density at radius 1 is 1.09 bits per heavy atom. The highest BCUT2D eigenvalue weighted by Crippen LogP contribution is 2.26. The average molecular weight is 485 g/mol. The van der Waals surface area contributed by atoms with Crippen LogP contribution in [0.5, 0.6) is 11.5 Å². The number of hydrogen-bond donors (Lipinski definition) is 1. The molecule has 0 atom stereocenters. The highest BCUT2D eigenvalue weighted by atomic mass is 32.1. The number of aromatic nitrogens is 1. The van der Waals surface area contributed by atoms with E-state index in [0.717, 1.165) is 0 Å². The molecule has 0 spiro atoms. The van der Waals surface area contributed by atoms with Crippen LogP contribution in [-0.2, 0) is 11.2 Å². The first-order chi connectivity index (χ1) is 16.5. The van der Waals surface area contributed by atoms with Crippen molar-refractivity contribution in [3.63, 3.8) is 0 Å². The second kappa shape index (κ2) is 10.4. The van der Waals surface area contributed by atoms with Crippen molar-refractivity contribution in [3.8, 4) is 11.5 Å². The fourth-order valence-electron chi connectivity index (χ4n) is 3.58. The van der Waals surface area contributed by atoms with Crippen LogP contribution in [-0.4, -0.2) is 72.9 Å². The van der Waals surface area contributed by atoms with E-state index in [1.54, 1.807) is 52.6 Å². The largest absolute Gasteiger partial charge is 0.497 e. The summed E-state index contributed by atoms with van der Waals surface area (Å²) in [5.74, 6) is 0.612. The van der Waals surface area contributed by atoms with Crippen LogP contribution >= 0.6 is 11.3 Å². The Labute approximate surface area is 200 Å². The van der Waals surface area contributed by atoms with Crippen LogP contribution in [0.2, 0.25) is 0 Å². The first kappa shape index (κ1) is 23.3. The monoisotopic (exact) mass is 484 g/mol. The molecule has 1 N–H and O–H groups in total. The number of nitrogens with one attached hydrogen (secondary N) is 1. The van der Waals surface area contributed by atoms with Gasteiger partial charge in [-0.2, -0.15) is 0 Å². The molecule has 1 saturated heterocycles. The molecule has 11 heteroatoms. The molecule has 0 bridgehead atoms. The molecular formula is C23H24N4O6S. The second-order valence-corrected chi connectivity index (χ2v) is 8.35. The van der Waals surface area contributed by atoms with Gasteiger partial charge in [-0.05, 0) is 24.3 Å². The molecule has 1 fully saturated rings. The van der Waals surface area contributed by atoms with E-state index in [4.69, 9.17) is 13.9 Å². The molecule has 10 nitrogen and oxygen atoms in total. The zero-order valence-electron chi connectivity index (χ0n) is 18.8. The van der Waals surface area contributed by atoms with Gasteiger partial charge in [0.15, 0.2) is 10.9 Å². The Hall–Kier alpha value is -3.86. The lowest BCUT2D eigenvalue weighted by Crippen LogP contribution is -2.51. The molecule has 2 aromatic heterocycles. The number of amides is 3. The van der Waals surface area contributed by atoms with Crippen molar-refractivity contribution >= 4 is 34.2 Å². The van der Waals surface area contributed by atoms with Gasteiger partial charge in [-0.1, -0.05) is 0 Å². The predicted octanol–water partition coefficient (Wildman–Crippen LogP) is 2.53. The van der Waals surface area contributed by atoms with Crippen molar-refractivity contribution in [2.75, 3.05) is 45.7 Å². The highest BCUT2D eigenvalue weighted by Gasteiger charge is 2.27. The van der Waals surface area contributed by atoms with Gasteiger partial charge in [0, 0.05) is 37.6 Å². The van der Waals surface area contributed by atoms with E-state index >= 15 is 0 Å². The number of furan rings is 1. The van der Waals surface area contributed by atoms with Gasteiger partial charge in [-0.25, -0.2) is 4.98 Å². The van der Waals surface area contributed by atoms with E-state index in [1.807, 2.05) is 0 Å². The number of anilines is 1. The number of thiazole rings is 1. The van der Waals surface area contributed by atoms with Crippen LogP contribution in [0.3, 0.4) is 0 Å². The zero-order valence-corrected chi connectivity index (χ0v) is 19.6. The van der Waals surface area contributed by atoms with Gasteiger partial charge in [0.05, 0.1) is 38.2 Å². The summed E-state index contributed by atoms with van der Waals surface area (Å²) < 4.78 is 15.6. The van der Waals surface area contributed by atoms with Crippen LogP contribution < -0.4 is 14.8 Å². The van der Waals surface area contributed by atoms with E-state index in [9.17, 15) is 14.4 Å². The summed E-state index contributed by atoms with van der Waals surface area (Å²) in [6, 6.07) is 8.26. The third kappa shape index (κ3) is 5.20. The number of carbonyl (C=O) groups excluding carboxylic acids is 3. The third-order valence-corrected chi connectivity index (χ3v) is 6.21. The molecule has 1 aliphatic rings. The molecule has 1 aliphatic heterocycles. The molecular weight excluding hydrogens is 460 g/mol. The third-order valence-electron chi connectivity index (χ3n) is 5.41. The smallest absolute Gasteiger partial charge is 0.293 e. The van der Waals surface area contributed by atoms with Crippen molar-refractivity contribution < 1.29 is 28.3 Å². The van der Waals surface area contributed by atoms with Crippen LogP contribution in [0.15, 0.2) is 46.4 Å². The van der Waals surface area contributed by atoms with Crippen LogP contribution in [0.1, 0.15) is 26.6 Å². The van der Waals surface area contributed by atoms with Crippen molar-refractivity contribution in [1.29, 1.82) is 0 Å².